The summed E-state index contributed by atoms with van der Waals surface area (Å²) in [7, 11) is 1.74. The maximum atomic E-state index is 4.94. The van der Waals surface area contributed by atoms with Gasteiger partial charge in [-0.25, -0.2) is 0 Å². The van der Waals surface area contributed by atoms with Crippen LogP contribution >= 0.6 is 0 Å². The van der Waals surface area contributed by atoms with Crippen LogP contribution in [-0.4, -0.2) is 39.4 Å². The van der Waals surface area contributed by atoms with E-state index >= 15 is 0 Å². The zero-order chi connectivity index (χ0) is 9.23. The Bertz CT molecular complexity index is 88.6. The molecule has 0 aliphatic carbocycles. The molecule has 1 atom stereocenters. The number of rotatable bonds is 8. The van der Waals surface area contributed by atoms with Crippen molar-refractivity contribution in [2.24, 2.45) is 0 Å². The molecule has 0 heterocycles. The second kappa shape index (κ2) is 8.97. The Morgan fingerprint density at radius 1 is 1.42 bits per heavy atom. The monoisotopic (exact) mass is 174 g/mol. The Morgan fingerprint density at radius 2 is 2.17 bits per heavy atom. The summed E-state index contributed by atoms with van der Waals surface area (Å²) in [5, 5.41) is 6.70. The summed E-state index contributed by atoms with van der Waals surface area (Å²) in [6, 6.07) is 0.567. The minimum Gasteiger partial charge on any atom is -0.385 e. The molecule has 0 aromatic carbocycles. The first kappa shape index (κ1) is 11.9. The number of hydrogen-bond acceptors (Lipinski definition) is 3. The fourth-order valence-electron chi connectivity index (χ4n) is 1.08. The van der Waals surface area contributed by atoms with Gasteiger partial charge >= 0.3 is 0 Å². The SMILES string of the molecule is CCNC(C)CNCCCOC. The molecule has 0 aromatic heterocycles. The third-order valence-corrected chi connectivity index (χ3v) is 1.71. The molecule has 0 aromatic rings. The van der Waals surface area contributed by atoms with Crippen LogP contribution in [0, 0.1) is 0 Å². The lowest BCUT2D eigenvalue weighted by Gasteiger charge is -2.12. The van der Waals surface area contributed by atoms with Crippen molar-refractivity contribution in [1.29, 1.82) is 0 Å². The molecule has 3 nitrogen and oxygen atoms in total. The number of methoxy groups -OCH3 is 1. The van der Waals surface area contributed by atoms with Gasteiger partial charge in [0.05, 0.1) is 0 Å². The molecule has 1 unspecified atom stereocenters. The maximum absolute atomic E-state index is 4.94. The summed E-state index contributed by atoms with van der Waals surface area (Å²) in [5.74, 6) is 0. The molecule has 0 aliphatic heterocycles. The molecule has 0 rings (SSSR count). The Labute approximate surface area is 75.9 Å². The first-order chi connectivity index (χ1) is 5.81. The van der Waals surface area contributed by atoms with Crippen molar-refractivity contribution in [3.8, 4) is 0 Å². The predicted octanol–water partition coefficient (Wildman–Crippen LogP) is 0.611. The van der Waals surface area contributed by atoms with E-state index in [4.69, 9.17) is 4.74 Å². The van der Waals surface area contributed by atoms with Crippen molar-refractivity contribution in [3.63, 3.8) is 0 Å². The molecule has 74 valence electrons. The van der Waals surface area contributed by atoms with Crippen LogP contribution in [0.2, 0.25) is 0 Å². The fraction of sp³-hybridized carbons (Fsp3) is 1.00. The van der Waals surface area contributed by atoms with E-state index < -0.39 is 0 Å². The van der Waals surface area contributed by atoms with Crippen LogP contribution in [-0.2, 0) is 4.74 Å². The van der Waals surface area contributed by atoms with E-state index in [0.717, 1.165) is 32.7 Å². The first-order valence-corrected chi connectivity index (χ1v) is 4.74. The van der Waals surface area contributed by atoms with Gasteiger partial charge in [-0.15, -0.1) is 0 Å². The van der Waals surface area contributed by atoms with Crippen LogP contribution in [0.3, 0.4) is 0 Å². The summed E-state index contributed by atoms with van der Waals surface area (Å²) >= 11 is 0. The largest absolute Gasteiger partial charge is 0.385 e. The number of hydrogen-bond donors (Lipinski definition) is 2. The average molecular weight is 174 g/mol. The van der Waals surface area contributed by atoms with E-state index in [1.165, 1.54) is 0 Å². The Balaban J connectivity index is 2.97. The Hall–Kier alpha value is -0.120. The van der Waals surface area contributed by atoms with Crippen LogP contribution < -0.4 is 10.6 Å². The van der Waals surface area contributed by atoms with Crippen LogP contribution in [0.4, 0.5) is 0 Å². The van der Waals surface area contributed by atoms with Crippen LogP contribution in [0.25, 0.3) is 0 Å². The van der Waals surface area contributed by atoms with Crippen LogP contribution in [0.5, 0.6) is 0 Å². The zero-order valence-corrected chi connectivity index (χ0v) is 8.52. The molecular weight excluding hydrogens is 152 g/mol. The van der Waals surface area contributed by atoms with Gasteiger partial charge in [0.2, 0.25) is 0 Å². The zero-order valence-electron chi connectivity index (χ0n) is 8.52. The molecule has 0 spiro atoms. The minimum absolute atomic E-state index is 0.567. The molecule has 0 radical (unpaired) electrons. The van der Waals surface area contributed by atoms with Gasteiger partial charge in [-0.05, 0) is 26.4 Å². The second-order valence-electron chi connectivity index (χ2n) is 3.01. The highest BCUT2D eigenvalue weighted by Crippen LogP contribution is 1.80. The van der Waals surface area contributed by atoms with E-state index in [1.54, 1.807) is 7.11 Å². The maximum Gasteiger partial charge on any atom is 0.0474 e. The van der Waals surface area contributed by atoms with Crippen molar-refractivity contribution in [3.05, 3.63) is 0 Å². The predicted molar refractivity (Wildman–Crippen MR) is 52.5 cm³/mol. The van der Waals surface area contributed by atoms with Crippen molar-refractivity contribution < 1.29 is 4.74 Å². The lowest BCUT2D eigenvalue weighted by Crippen LogP contribution is -2.36. The van der Waals surface area contributed by atoms with Gasteiger partial charge in [0, 0.05) is 26.3 Å². The fourth-order valence-corrected chi connectivity index (χ4v) is 1.08. The van der Waals surface area contributed by atoms with Crippen molar-refractivity contribution in [2.45, 2.75) is 26.3 Å². The van der Waals surface area contributed by atoms with Crippen molar-refractivity contribution in [2.75, 3.05) is 33.4 Å². The second-order valence-corrected chi connectivity index (χ2v) is 3.01. The highest BCUT2D eigenvalue weighted by atomic mass is 16.5. The quantitative estimate of drug-likeness (QED) is 0.529. The Morgan fingerprint density at radius 3 is 2.75 bits per heavy atom. The molecule has 2 N–H and O–H groups in total. The summed E-state index contributed by atoms with van der Waals surface area (Å²) in [4.78, 5) is 0. The standard InChI is InChI=1S/C9H22N2O/c1-4-11-9(2)8-10-6-5-7-12-3/h9-11H,4-8H2,1-3H3. The molecule has 12 heavy (non-hydrogen) atoms. The van der Waals surface area contributed by atoms with E-state index in [1.807, 2.05) is 0 Å². The molecular formula is C9H22N2O. The van der Waals surface area contributed by atoms with E-state index in [-0.39, 0.29) is 0 Å². The molecule has 0 saturated carbocycles. The van der Waals surface area contributed by atoms with E-state index in [2.05, 4.69) is 24.5 Å². The summed E-state index contributed by atoms with van der Waals surface area (Å²) in [5.41, 5.74) is 0. The van der Waals surface area contributed by atoms with Gasteiger partial charge in [0.1, 0.15) is 0 Å². The summed E-state index contributed by atoms with van der Waals surface area (Å²) in [6.07, 6.45) is 1.09. The van der Waals surface area contributed by atoms with Gasteiger partial charge in [0.15, 0.2) is 0 Å². The van der Waals surface area contributed by atoms with Gasteiger partial charge in [-0.2, -0.15) is 0 Å². The average Bonchev–Trinajstić information content (AvgIpc) is 2.05. The molecule has 0 aliphatic rings. The molecule has 0 amide bonds. The van der Waals surface area contributed by atoms with Crippen molar-refractivity contribution in [1.82, 2.24) is 10.6 Å². The molecule has 0 bridgehead atoms. The normalized spacial score (nSPS) is 13.2. The minimum atomic E-state index is 0.567. The summed E-state index contributed by atoms with van der Waals surface area (Å²) < 4.78 is 4.94. The topological polar surface area (TPSA) is 33.3 Å². The lowest BCUT2D eigenvalue weighted by molar-refractivity contribution is 0.194. The summed E-state index contributed by atoms with van der Waals surface area (Å²) in [6.45, 7) is 8.29. The first-order valence-electron chi connectivity index (χ1n) is 4.74. The molecule has 0 saturated heterocycles. The van der Waals surface area contributed by atoms with Gasteiger partial charge in [0.25, 0.3) is 0 Å². The number of likely N-dealkylation sites (N-methyl/N-ethyl adjacent to an activating group) is 1. The third-order valence-electron chi connectivity index (χ3n) is 1.71. The van der Waals surface area contributed by atoms with Gasteiger partial charge in [-0.3, -0.25) is 0 Å². The Kier molecular flexibility index (Phi) is 8.88. The number of nitrogens with one attached hydrogen (secondary N) is 2. The lowest BCUT2D eigenvalue weighted by atomic mass is 10.3. The van der Waals surface area contributed by atoms with Crippen LogP contribution in [0.15, 0.2) is 0 Å². The highest BCUT2D eigenvalue weighted by Gasteiger charge is 1.96. The molecule has 0 fully saturated rings. The van der Waals surface area contributed by atoms with Crippen molar-refractivity contribution >= 4 is 0 Å². The van der Waals surface area contributed by atoms with Gasteiger partial charge < -0.3 is 15.4 Å². The van der Waals surface area contributed by atoms with E-state index in [0.29, 0.717) is 6.04 Å². The van der Waals surface area contributed by atoms with E-state index in [9.17, 15) is 0 Å². The van der Waals surface area contributed by atoms with Gasteiger partial charge in [-0.1, -0.05) is 6.92 Å². The third kappa shape index (κ3) is 7.98. The highest BCUT2D eigenvalue weighted by molar-refractivity contribution is 4.61. The van der Waals surface area contributed by atoms with Crippen LogP contribution in [0.1, 0.15) is 20.3 Å². The smallest absolute Gasteiger partial charge is 0.0474 e. The molecule has 3 heteroatoms. The number of ether oxygens (including phenoxy) is 1.